The van der Waals surface area contributed by atoms with Gasteiger partial charge in [-0.1, -0.05) is 0 Å². The van der Waals surface area contributed by atoms with E-state index < -0.39 is 0 Å². The van der Waals surface area contributed by atoms with Crippen molar-refractivity contribution in [3.63, 3.8) is 0 Å². The summed E-state index contributed by atoms with van der Waals surface area (Å²) >= 11 is 3.36. The Bertz CT molecular complexity index is 372. The summed E-state index contributed by atoms with van der Waals surface area (Å²) in [6.45, 7) is 2.51. The fourth-order valence-corrected chi connectivity index (χ4v) is 1.76. The maximum absolute atomic E-state index is 5.51. The third kappa shape index (κ3) is 3.50. The van der Waals surface area contributed by atoms with Gasteiger partial charge in [0, 0.05) is 12.7 Å². The van der Waals surface area contributed by atoms with Crippen molar-refractivity contribution in [2.24, 2.45) is 5.84 Å². The second-order valence-corrected chi connectivity index (χ2v) is 4.34. The van der Waals surface area contributed by atoms with Gasteiger partial charge >= 0.3 is 0 Å². The maximum Gasteiger partial charge on any atom is 0.239 e. The van der Waals surface area contributed by atoms with Gasteiger partial charge in [0.05, 0.1) is 30.4 Å². The SMILES string of the molecule is NNc1ncc(Br)c(NCC2COCCO2)n1. The molecule has 2 rings (SSSR count). The lowest BCUT2D eigenvalue weighted by molar-refractivity contribution is -0.0819. The van der Waals surface area contributed by atoms with Crippen LogP contribution in [0, 0.1) is 0 Å². The third-order valence-electron chi connectivity index (χ3n) is 2.26. The number of hydrogen-bond donors (Lipinski definition) is 3. The van der Waals surface area contributed by atoms with Crippen LogP contribution in [-0.2, 0) is 9.47 Å². The Labute approximate surface area is 107 Å². The van der Waals surface area contributed by atoms with Gasteiger partial charge in [-0.3, -0.25) is 5.43 Å². The minimum atomic E-state index is 0.0416. The van der Waals surface area contributed by atoms with E-state index in [0.29, 0.717) is 38.1 Å². The molecule has 0 saturated carbocycles. The minimum Gasteiger partial charge on any atom is -0.376 e. The van der Waals surface area contributed by atoms with Crippen LogP contribution in [0.1, 0.15) is 0 Å². The highest BCUT2D eigenvalue weighted by Crippen LogP contribution is 2.19. The Kier molecular flexibility index (Phi) is 4.49. The van der Waals surface area contributed by atoms with Gasteiger partial charge in [-0.15, -0.1) is 0 Å². The Morgan fingerprint density at radius 1 is 1.53 bits per heavy atom. The number of nitrogens with one attached hydrogen (secondary N) is 2. The van der Waals surface area contributed by atoms with Crippen molar-refractivity contribution in [1.82, 2.24) is 9.97 Å². The van der Waals surface area contributed by atoms with Crippen molar-refractivity contribution in [2.45, 2.75) is 6.10 Å². The number of rotatable bonds is 4. The van der Waals surface area contributed by atoms with Crippen molar-refractivity contribution in [1.29, 1.82) is 0 Å². The second kappa shape index (κ2) is 6.10. The normalized spacial score (nSPS) is 20.0. The quantitative estimate of drug-likeness (QED) is 0.546. The first-order valence-corrected chi connectivity index (χ1v) is 6.01. The Morgan fingerprint density at radius 3 is 3.12 bits per heavy atom. The van der Waals surface area contributed by atoms with Crippen LogP contribution in [0.4, 0.5) is 11.8 Å². The Hall–Kier alpha value is -0.960. The molecule has 0 radical (unpaired) electrons. The lowest BCUT2D eigenvalue weighted by atomic mass is 10.3. The Balaban J connectivity index is 1.92. The molecule has 17 heavy (non-hydrogen) atoms. The van der Waals surface area contributed by atoms with Gasteiger partial charge in [0.2, 0.25) is 5.95 Å². The zero-order valence-corrected chi connectivity index (χ0v) is 10.7. The first kappa shape index (κ1) is 12.5. The van der Waals surface area contributed by atoms with Crippen LogP contribution in [0.2, 0.25) is 0 Å². The summed E-state index contributed by atoms with van der Waals surface area (Å²) in [7, 11) is 0. The summed E-state index contributed by atoms with van der Waals surface area (Å²) in [5.74, 6) is 6.27. The Morgan fingerprint density at radius 2 is 2.41 bits per heavy atom. The molecule has 0 amide bonds. The summed E-state index contributed by atoms with van der Waals surface area (Å²) < 4.78 is 11.6. The standard InChI is InChI=1S/C9H14BrN5O2/c10-7-4-13-9(15-11)14-8(7)12-3-6-5-16-1-2-17-6/h4,6H,1-3,5,11H2,(H2,12,13,14,15). The lowest BCUT2D eigenvalue weighted by Crippen LogP contribution is -2.34. The molecule has 2 heterocycles. The number of nitrogens with zero attached hydrogens (tertiary/aromatic N) is 2. The number of anilines is 2. The van der Waals surface area contributed by atoms with E-state index in [9.17, 15) is 0 Å². The highest BCUT2D eigenvalue weighted by molar-refractivity contribution is 9.10. The van der Waals surface area contributed by atoms with Crippen LogP contribution < -0.4 is 16.6 Å². The van der Waals surface area contributed by atoms with Gasteiger partial charge in [0.25, 0.3) is 0 Å². The number of hydrogen-bond acceptors (Lipinski definition) is 7. The molecule has 1 atom stereocenters. The van der Waals surface area contributed by atoms with Crippen molar-refractivity contribution in [3.8, 4) is 0 Å². The highest BCUT2D eigenvalue weighted by Gasteiger charge is 2.14. The zero-order valence-electron chi connectivity index (χ0n) is 9.15. The minimum absolute atomic E-state index is 0.0416. The molecular weight excluding hydrogens is 290 g/mol. The van der Waals surface area contributed by atoms with Crippen LogP contribution in [0.25, 0.3) is 0 Å². The smallest absolute Gasteiger partial charge is 0.239 e. The highest BCUT2D eigenvalue weighted by atomic mass is 79.9. The van der Waals surface area contributed by atoms with E-state index in [1.54, 1.807) is 6.20 Å². The third-order valence-corrected chi connectivity index (χ3v) is 2.84. The summed E-state index contributed by atoms with van der Waals surface area (Å²) in [5, 5.41) is 3.16. The lowest BCUT2D eigenvalue weighted by Gasteiger charge is -2.23. The van der Waals surface area contributed by atoms with E-state index >= 15 is 0 Å². The molecule has 1 aromatic rings. The molecular formula is C9H14BrN5O2. The average molecular weight is 304 g/mol. The molecule has 1 unspecified atom stereocenters. The summed E-state index contributed by atoms with van der Waals surface area (Å²) in [4.78, 5) is 8.14. The summed E-state index contributed by atoms with van der Waals surface area (Å²) in [6.07, 6.45) is 1.67. The molecule has 1 saturated heterocycles. The molecule has 1 aliphatic heterocycles. The van der Waals surface area contributed by atoms with Crippen molar-refractivity contribution in [3.05, 3.63) is 10.7 Å². The largest absolute Gasteiger partial charge is 0.376 e. The molecule has 4 N–H and O–H groups in total. The van der Waals surface area contributed by atoms with E-state index in [2.05, 4.69) is 36.6 Å². The van der Waals surface area contributed by atoms with Crippen molar-refractivity contribution in [2.75, 3.05) is 37.1 Å². The van der Waals surface area contributed by atoms with E-state index in [4.69, 9.17) is 15.3 Å². The van der Waals surface area contributed by atoms with Crippen LogP contribution in [-0.4, -0.2) is 42.4 Å². The molecule has 8 heteroatoms. The van der Waals surface area contributed by atoms with E-state index in [1.165, 1.54) is 0 Å². The number of aromatic nitrogens is 2. The predicted octanol–water partition coefficient (Wildman–Crippen LogP) is 0.352. The molecule has 0 bridgehead atoms. The topological polar surface area (TPSA) is 94.3 Å². The zero-order chi connectivity index (χ0) is 12.1. The fraction of sp³-hybridized carbons (Fsp3) is 0.556. The van der Waals surface area contributed by atoms with Crippen molar-refractivity contribution < 1.29 is 9.47 Å². The molecule has 1 fully saturated rings. The van der Waals surface area contributed by atoms with E-state index in [1.807, 2.05) is 0 Å². The molecule has 0 spiro atoms. The van der Waals surface area contributed by atoms with Crippen LogP contribution >= 0.6 is 15.9 Å². The monoisotopic (exact) mass is 303 g/mol. The number of nitrogen functional groups attached to an aromatic ring is 1. The van der Waals surface area contributed by atoms with Gasteiger partial charge in [0.1, 0.15) is 5.82 Å². The van der Waals surface area contributed by atoms with Gasteiger partial charge < -0.3 is 14.8 Å². The molecule has 0 aromatic carbocycles. The molecule has 1 aliphatic rings. The van der Waals surface area contributed by atoms with E-state index in [0.717, 1.165) is 4.47 Å². The molecule has 0 aliphatic carbocycles. The van der Waals surface area contributed by atoms with Gasteiger partial charge in [-0.25, -0.2) is 10.8 Å². The van der Waals surface area contributed by atoms with E-state index in [-0.39, 0.29) is 6.10 Å². The predicted molar refractivity (Wildman–Crippen MR) is 66.6 cm³/mol. The summed E-state index contributed by atoms with van der Waals surface area (Å²) in [6, 6.07) is 0. The molecule has 94 valence electrons. The van der Waals surface area contributed by atoms with Gasteiger partial charge in [-0.2, -0.15) is 4.98 Å². The number of hydrazine groups is 1. The number of halogens is 1. The first-order chi connectivity index (χ1) is 8.29. The van der Waals surface area contributed by atoms with Crippen molar-refractivity contribution >= 4 is 27.7 Å². The average Bonchev–Trinajstić information content (AvgIpc) is 2.39. The number of nitrogens with two attached hydrogens (primary N) is 1. The summed E-state index contributed by atoms with van der Waals surface area (Å²) in [5.41, 5.74) is 2.39. The first-order valence-electron chi connectivity index (χ1n) is 5.22. The molecule has 7 nitrogen and oxygen atoms in total. The number of ether oxygens (including phenoxy) is 2. The molecule has 1 aromatic heterocycles. The second-order valence-electron chi connectivity index (χ2n) is 3.48. The van der Waals surface area contributed by atoms with Gasteiger partial charge in [-0.05, 0) is 15.9 Å². The van der Waals surface area contributed by atoms with Crippen LogP contribution in [0.3, 0.4) is 0 Å². The fourth-order valence-electron chi connectivity index (χ4n) is 1.43. The maximum atomic E-state index is 5.51. The van der Waals surface area contributed by atoms with Crippen LogP contribution in [0.15, 0.2) is 10.7 Å². The van der Waals surface area contributed by atoms with Crippen LogP contribution in [0.5, 0.6) is 0 Å². The van der Waals surface area contributed by atoms with Gasteiger partial charge in [0.15, 0.2) is 0 Å².